The second-order valence-corrected chi connectivity index (χ2v) is 5.41. The topological polar surface area (TPSA) is 60.5 Å². The lowest BCUT2D eigenvalue weighted by Gasteiger charge is -2.07. The van der Waals surface area contributed by atoms with Gasteiger partial charge in [0.15, 0.2) is 6.61 Å². The van der Waals surface area contributed by atoms with E-state index in [-0.39, 0.29) is 25.7 Å². The molecule has 0 atom stereocenters. The van der Waals surface area contributed by atoms with Gasteiger partial charge in [-0.2, -0.15) is 0 Å². The highest BCUT2D eigenvalue weighted by Gasteiger charge is 2.02. The van der Waals surface area contributed by atoms with E-state index in [4.69, 9.17) is 9.47 Å². The first-order valence-corrected chi connectivity index (χ1v) is 8.18. The van der Waals surface area contributed by atoms with Gasteiger partial charge in [0.2, 0.25) is 0 Å². The number of ether oxygens (including phenoxy) is 2. The average molecular weight is 346 g/mol. The molecule has 0 saturated carbocycles. The Morgan fingerprint density at radius 3 is 2.69 bits per heavy atom. The van der Waals surface area contributed by atoms with E-state index in [9.17, 15) is 4.79 Å². The molecular formula is C21H18N2O3. The number of rotatable bonds is 6. The van der Waals surface area contributed by atoms with Crippen LogP contribution in [0.15, 0.2) is 67.0 Å². The lowest BCUT2D eigenvalue weighted by molar-refractivity contribution is -0.122. The van der Waals surface area contributed by atoms with Crippen molar-refractivity contribution < 1.29 is 14.3 Å². The lowest BCUT2D eigenvalue weighted by Crippen LogP contribution is -2.29. The second-order valence-electron chi connectivity index (χ2n) is 5.41. The van der Waals surface area contributed by atoms with Gasteiger partial charge in [-0.1, -0.05) is 42.2 Å². The molecule has 5 heteroatoms. The van der Waals surface area contributed by atoms with E-state index in [0.29, 0.717) is 11.5 Å². The first kappa shape index (κ1) is 17.3. The quantitative estimate of drug-likeness (QED) is 0.697. The van der Waals surface area contributed by atoms with Gasteiger partial charge < -0.3 is 14.8 Å². The molecule has 130 valence electrons. The van der Waals surface area contributed by atoms with Crippen LogP contribution in [0.3, 0.4) is 0 Å². The normalized spacial score (nSPS) is 9.85. The smallest absolute Gasteiger partial charge is 0.258 e. The number of nitrogens with one attached hydrogen (secondary N) is 1. The molecule has 1 aromatic heterocycles. The third-order valence-corrected chi connectivity index (χ3v) is 3.54. The summed E-state index contributed by atoms with van der Waals surface area (Å²) in [5.41, 5.74) is 0. The minimum absolute atomic E-state index is 0.0494. The van der Waals surface area contributed by atoms with Crippen LogP contribution in [-0.4, -0.2) is 30.6 Å². The van der Waals surface area contributed by atoms with Crippen molar-refractivity contribution >= 4 is 16.7 Å². The Balaban J connectivity index is 1.37. The van der Waals surface area contributed by atoms with E-state index in [2.05, 4.69) is 22.1 Å². The molecule has 26 heavy (non-hydrogen) atoms. The maximum absolute atomic E-state index is 11.8. The molecule has 0 saturated heterocycles. The third-order valence-electron chi connectivity index (χ3n) is 3.54. The van der Waals surface area contributed by atoms with Crippen LogP contribution in [0.4, 0.5) is 0 Å². The Morgan fingerprint density at radius 1 is 0.962 bits per heavy atom. The van der Waals surface area contributed by atoms with Gasteiger partial charge in [0.1, 0.15) is 18.1 Å². The van der Waals surface area contributed by atoms with Crippen molar-refractivity contribution in [2.45, 2.75) is 0 Å². The predicted molar refractivity (Wildman–Crippen MR) is 100.0 cm³/mol. The number of hydrogen-bond acceptors (Lipinski definition) is 4. The fraction of sp³-hybridized carbons (Fsp3) is 0.143. The second kappa shape index (κ2) is 9.09. The molecule has 5 nitrogen and oxygen atoms in total. The van der Waals surface area contributed by atoms with Crippen LogP contribution >= 0.6 is 0 Å². The molecule has 0 spiro atoms. The zero-order valence-corrected chi connectivity index (χ0v) is 14.1. The molecule has 0 fully saturated rings. The van der Waals surface area contributed by atoms with Gasteiger partial charge in [-0.15, -0.1) is 0 Å². The highest BCUT2D eigenvalue weighted by atomic mass is 16.5. The Labute approximate surface area is 152 Å². The SMILES string of the molecule is O=C(COc1ccc2ccccc2c1)NCC#CCOc1cccnc1. The van der Waals surface area contributed by atoms with E-state index >= 15 is 0 Å². The molecular weight excluding hydrogens is 328 g/mol. The number of nitrogens with zero attached hydrogens (tertiary/aromatic N) is 1. The zero-order chi connectivity index (χ0) is 18.0. The van der Waals surface area contributed by atoms with E-state index in [1.54, 1.807) is 24.5 Å². The number of hydrogen-bond donors (Lipinski definition) is 1. The number of benzene rings is 2. The first-order chi connectivity index (χ1) is 12.8. The molecule has 1 N–H and O–H groups in total. The molecule has 1 amide bonds. The number of amides is 1. The van der Waals surface area contributed by atoms with Crippen LogP contribution < -0.4 is 14.8 Å². The molecule has 3 rings (SSSR count). The van der Waals surface area contributed by atoms with Crippen molar-refractivity contribution in [3.05, 3.63) is 67.0 Å². The summed E-state index contributed by atoms with van der Waals surface area (Å²) in [5, 5.41) is 4.89. The van der Waals surface area contributed by atoms with Crippen LogP contribution in [0.1, 0.15) is 0 Å². The standard InChI is InChI=1S/C21H18N2O3/c24-21(23-12-3-4-13-25-20-8-5-11-22-15-20)16-26-19-10-9-17-6-1-2-7-18(17)14-19/h1-2,5-11,14-15H,12-13,16H2,(H,23,24). The summed E-state index contributed by atoms with van der Waals surface area (Å²) in [7, 11) is 0. The highest BCUT2D eigenvalue weighted by molar-refractivity contribution is 5.84. The van der Waals surface area contributed by atoms with Crippen LogP contribution in [-0.2, 0) is 4.79 Å². The Bertz CT molecular complexity index is 930. The van der Waals surface area contributed by atoms with E-state index < -0.39 is 0 Å². The monoisotopic (exact) mass is 346 g/mol. The maximum atomic E-state index is 11.8. The molecule has 0 aliphatic rings. The summed E-state index contributed by atoms with van der Waals surface area (Å²) in [4.78, 5) is 15.7. The highest BCUT2D eigenvalue weighted by Crippen LogP contribution is 2.20. The van der Waals surface area contributed by atoms with Gasteiger partial charge in [-0.25, -0.2) is 0 Å². The van der Waals surface area contributed by atoms with Crippen LogP contribution in [0.25, 0.3) is 10.8 Å². The Hall–Kier alpha value is -3.52. The van der Waals surface area contributed by atoms with Crippen LogP contribution in [0.5, 0.6) is 11.5 Å². The molecule has 0 aliphatic heterocycles. The van der Waals surface area contributed by atoms with Crippen molar-refractivity contribution in [1.82, 2.24) is 10.3 Å². The van der Waals surface area contributed by atoms with Gasteiger partial charge in [0.25, 0.3) is 5.91 Å². The fourth-order valence-corrected chi connectivity index (χ4v) is 2.27. The molecule has 3 aromatic rings. The van der Waals surface area contributed by atoms with Crippen molar-refractivity contribution in [3.63, 3.8) is 0 Å². The largest absolute Gasteiger partial charge is 0.484 e. The summed E-state index contributed by atoms with van der Waals surface area (Å²) < 4.78 is 10.9. The molecule has 0 bridgehead atoms. The minimum atomic E-state index is -0.222. The van der Waals surface area contributed by atoms with E-state index in [0.717, 1.165) is 10.8 Å². The summed E-state index contributed by atoms with van der Waals surface area (Å²) in [6.45, 7) is 0.442. The molecule has 0 unspecified atom stereocenters. The fourth-order valence-electron chi connectivity index (χ4n) is 2.27. The van der Waals surface area contributed by atoms with E-state index in [1.807, 2.05) is 42.5 Å². The molecule has 0 radical (unpaired) electrons. The maximum Gasteiger partial charge on any atom is 0.258 e. The van der Waals surface area contributed by atoms with Gasteiger partial charge in [-0.05, 0) is 35.0 Å². The number of fused-ring (bicyclic) bond motifs is 1. The summed E-state index contributed by atoms with van der Waals surface area (Å²) in [6.07, 6.45) is 3.29. The van der Waals surface area contributed by atoms with Crippen molar-refractivity contribution in [3.8, 4) is 23.3 Å². The van der Waals surface area contributed by atoms with Gasteiger partial charge in [0, 0.05) is 6.20 Å². The van der Waals surface area contributed by atoms with Crippen molar-refractivity contribution in [2.75, 3.05) is 19.8 Å². The third kappa shape index (κ3) is 5.25. The Kier molecular flexibility index (Phi) is 6.05. The minimum Gasteiger partial charge on any atom is -0.484 e. The molecule has 1 heterocycles. The zero-order valence-electron chi connectivity index (χ0n) is 14.1. The number of pyridine rings is 1. The summed E-state index contributed by atoms with van der Waals surface area (Å²) in [5.74, 6) is 6.76. The van der Waals surface area contributed by atoms with Crippen LogP contribution in [0, 0.1) is 11.8 Å². The van der Waals surface area contributed by atoms with E-state index in [1.165, 1.54) is 0 Å². The van der Waals surface area contributed by atoms with Crippen molar-refractivity contribution in [1.29, 1.82) is 0 Å². The lowest BCUT2D eigenvalue weighted by atomic mass is 10.1. The number of aromatic nitrogens is 1. The van der Waals surface area contributed by atoms with Gasteiger partial charge >= 0.3 is 0 Å². The molecule has 0 aliphatic carbocycles. The predicted octanol–water partition coefficient (Wildman–Crippen LogP) is 2.81. The number of carbonyl (C=O) groups is 1. The Morgan fingerprint density at radius 2 is 1.85 bits per heavy atom. The van der Waals surface area contributed by atoms with Crippen molar-refractivity contribution in [2.24, 2.45) is 0 Å². The first-order valence-electron chi connectivity index (χ1n) is 8.18. The molecule has 2 aromatic carbocycles. The number of carbonyl (C=O) groups excluding carboxylic acids is 1. The van der Waals surface area contributed by atoms with Gasteiger partial charge in [-0.3, -0.25) is 9.78 Å². The summed E-state index contributed by atoms with van der Waals surface area (Å²) in [6, 6.07) is 17.3. The van der Waals surface area contributed by atoms with Gasteiger partial charge in [0.05, 0.1) is 12.7 Å². The average Bonchev–Trinajstić information content (AvgIpc) is 2.69. The summed E-state index contributed by atoms with van der Waals surface area (Å²) >= 11 is 0. The van der Waals surface area contributed by atoms with Crippen LogP contribution in [0.2, 0.25) is 0 Å².